The third-order valence-electron chi connectivity index (χ3n) is 5.23. The molecule has 2 saturated heterocycles. The van der Waals surface area contributed by atoms with E-state index in [4.69, 9.17) is 0 Å². The van der Waals surface area contributed by atoms with Gasteiger partial charge in [0.15, 0.2) is 0 Å². The second kappa shape index (κ2) is 5.59. The van der Waals surface area contributed by atoms with Crippen molar-refractivity contribution in [2.24, 2.45) is 5.41 Å². The summed E-state index contributed by atoms with van der Waals surface area (Å²) < 4.78 is 0. The highest BCUT2D eigenvalue weighted by Gasteiger charge is 2.50. The first-order valence-corrected chi connectivity index (χ1v) is 8.29. The van der Waals surface area contributed by atoms with Crippen LogP contribution in [0, 0.1) is 5.41 Å². The number of aliphatic hydroxyl groups is 1. The minimum Gasteiger partial charge on any atom is -0.392 e. The van der Waals surface area contributed by atoms with Crippen molar-refractivity contribution in [2.45, 2.75) is 25.4 Å². The molecule has 4 rings (SSSR count). The van der Waals surface area contributed by atoms with Gasteiger partial charge in [-0.05, 0) is 37.5 Å². The molecule has 0 aliphatic carbocycles. The number of pyridine rings is 1. The van der Waals surface area contributed by atoms with Gasteiger partial charge < -0.3 is 20.3 Å². The summed E-state index contributed by atoms with van der Waals surface area (Å²) >= 11 is 0. The van der Waals surface area contributed by atoms with Gasteiger partial charge in [0.2, 0.25) is 5.91 Å². The Bertz CT molecular complexity index is 769. The highest BCUT2D eigenvalue weighted by Crippen LogP contribution is 2.37. The predicted octanol–water partition coefficient (Wildman–Crippen LogP) is 0.666. The molecule has 0 saturated carbocycles. The van der Waals surface area contributed by atoms with Crippen LogP contribution < -0.4 is 5.32 Å². The molecule has 0 radical (unpaired) electrons. The third-order valence-corrected chi connectivity index (χ3v) is 5.23. The Labute approximate surface area is 139 Å². The maximum Gasteiger partial charge on any atom is 0.270 e. The number of aliphatic hydroxyl groups excluding tert-OH is 1. The number of nitrogens with zero attached hydrogens (tertiary/aromatic N) is 2. The lowest BCUT2D eigenvalue weighted by Crippen LogP contribution is -2.62. The van der Waals surface area contributed by atoms with E-state index in [0.29, 0.717) is 37.3 Å². The van der Waals surface area contributed by atoms with E-state index in [1.165, 1.54) is 0 Å². The minimum absolute atomic E-state index is 0.142. The molecule has 0 aromatic carbocycles. The van der Waals surface area contributed by atoms with E-state index in [1.54, 1.807) is 17.2 Å². The second-order valence-corrected chi connectivity index (χ2v) is 6.67. The van der Waals surface area contributed by atoms with E-state index in [9.17, 15) is 14.7 Å². The Morgan fingerprint density at radius 1 is 1.46 bits per heavy atom. The average molecular weight is 328 g/mol. The fourth-order valence-corrected chi connectivity index (χ4v) is 3.86. The number of carbonyl (C=O) groups is 2. The number of carbonyl (C=O) groups excluding carboxylic acids is 2. The molecule has 0 unspecified atom stereocenters. The molecule has 4 heterocycles. The number of aromatic amines is 1. The summed E-state index contributed by atoms with van der Waals surface area (Å²) in [4.78, 5) is 34.2. The summed E-state index contributed by atoms with van der Waals surface area (Å²) in [7, 11) is 0. The second-order valence-electron chi connectivity index (χ2n) is 6.67. The standard InChI is InChI=1S/C17H20N4O3/c22-13-4-8-21(10-17(13)5-2-7-19-16(17)24)15(23)12-9-11-3-1-6-18-14(11)20-12/h1,3,6,9,13,22H,2,4-5,7-8,10H2,(H,18,20)(H,19,24)/t13-,17+/m0/s1. The molecule has 2 aromatic rings. The van der Waals surface area contributed by atoms with Gasteiger partial charge in [-0.3, -0.25) is 9.59 Å². The maximum absolute atomic E-state index is 12.9. The molecule has 7 heteroatoms. The topological polar surface area (TPSA) is 98.3 Å². The van der Waals surface area contributed by atoms with Crippen molar-refractivity contribution >= 4 is 22.8 Å². The highest BCUT2D eigenvalue weighted by molar-refractivity contribution is 5.97. The summed E-state index contributed by atoms with van der Waals surface area (Å²) in [6, 6.07) is 5.50. The Kier molecular flexibility index (Phi) is 3.53. The zero-order valence-corrected chi connectivity index (χ0v) is 13.3. The molecule has 2 atom stereocenters. The molecule has 126 valence electrons. The minimum atomic E-state index is -0.879. The van der Waals surface area contributed by atoms with Crippen molar-refractivity contribution < 1.29 is 14.7 Å². The molecule has 0 bridgehead atoms. The van der Waals surface area contributed by atoms with E-state index in [-0.39, 0.29) is 18.4 Å². The van der Waals surface area contributed by atoms with Crippen molar-refractivity contribution in [2.75, 3.05) is 19.6 Å². The molecule has 2 aliphatic rings. The van der Waals surface area contributed by atoms with E-state index >= 15 is 0 Å². The molecular formula is C17H20N4O3. The number of amides is 2. The van der Waals surface area contributed by atoms with Crippen LogP contribution in [0.3, 0.4) is 0 Å². The fourth-order valence-electron chi connectivity index (χ4n) is 3.86. The lowest BCUT2D eigenvalue weighted by Gasteiger charge is -2.46. The smallest absolute Gasteiger partial charge is 0.270 e. The van der Waals surface area contributed by atoms with Crippen LogP contribution >= 0.6 is 0 Å². The monoisotopic (exact) mass is 328 g/mol. The van der Waals surface area contributed by atoms with Crippen LogP contribution in [0.15, 0.2) is 24.4 Å². The lowest BCUT2D eigenvalue weighted by atomic mass is 9.71. The van der Waals surface area contributed by atoms with Gasteiger partial charge in [0, 0.05) is 31.2 Å². The summed E-state index contributed by atoms with van der Waals surface area (Å²) in [6.07, 6.45) is 2.81. The SMILES string of the molecule is O=C(c1cc2cccnc2[nH]1)N1CC[C@H](O)[C@@]2(CCCNC2=O)C1. The van der Waals surface area contributed by atoms with Crippen LogP contribution in [0.5, 0.6) is 0 Å². The Hall–Kier alpha value is -2.41. The summed E-state index contributed by atoms with van der Waals surface area (Å²) in [5.74, 6) is -0.297. The van der Waals surface area contributed by atoms with E-state index in [0.717, 1.165) is 11.8 Å². The molecule has 7 nitrogen and oxygen atoms in total. The van der Waals surface area contributed by atoms with Crippen molar-refractivity contribution in [3.8, 4) is 0 Å². The zero-order valence-electron chi connectivity index (χ0n) is 13.3. The van der Waals surface area contributed by atoms with Crippen LogP contribution in [0.25, 0.3) is 11.0 Å². The number of piperidine rings is 2. The Balaban J connectivity index is 1.61. The first kappa shape index (κ1) is 15.1. The van der Waals surface area contributed by atoms with Gasteiger partial charge in [-0.25, -0.2) is 4.98 Å². The zero-order chi connectivity index (χ0) is 16.7. The number of hydrogen-bond donors (Lipinski definition) is 3. The molecule has 3 N–H and O–H groups in total. The summed E-state index contributed by atoms with van der Waals surface area (Å²) in [5.41, 5.74) is 0.255. The van der Waals surface area contributed by atoms with Gasteiger partial charge in [-0.15, -0.1) is 0 Å². The number of likely N-dealkylation sites (tertiary alicyclic amines) is 1. The van der Waals surface area contributed by atoms with Crippen molar-refractivity contribution in [1.29, 1.82) is 0 Å². The van der Waals surface area contributed by atoms with Crippen molar-refractivity contribution in [3.05, 3.63) is 30.1 Å². The van der Waals surface area contributed by atoms with E-state index in [1.807, 2.05) is 12.1 Å². The molecule has 2 fully saturated rings. The quantitative estimate of drug-likeness (QED) is 0.716. The van der Waals surface area contributed by atoms with Crippen molar-refractivity contribution in [1.82, 2.24) is 20.2 Å². The first-order valence-electron chi connectivity index (χ1n) is 8.29. The number of H-pyrrole nitrogens is 1. The van der Waals surface area contributed by atoms with Crippen molar-refractivity contribution in [3.63, 3.8) is 0 Å². The Morgan fingerprint density at radius 2 is 2.33 bits per heavy atom. The van der Waals surface area contributed by atoms with Crippen LogP contribution in [-0.4, -0.2) is 57.5 Å². The van der Waals surface area contributed by atoms with Crippen LogP contribution in [0.4, 0.5) is 0 Å². The van der Waals surface area contributed by atoms with Gasteiger partial charge in [-0.2, -0.15) is 0 Å². The largest absolute Gasteiger partial charge is 0.392 e. The van der Waals surface area contributed by atoms with Gasteiger partial charge in [0.05, 0.1) is 11.5 Å². The maximum atomic E-state index is 12.9. The summed E-state index contributed by atoms with van der Waals surface area (Å²) in [5, 5.41) is 14.1. The summed E-state index contributed by atoms with van der Waals surface area (Å²) in [6.45, 7) is 1.33. The van der Waals surface area contributed by atoms with Crippen LogP contribution in [0.2, 0.25) is 0 Å². The Morgan fingerprint density at radius 3 is 3.12 bits per heavy atom. The fraction of sp³-hybridized carbons (Fsp3) is 0.471. The van der Waals surface area contributed by atoms with Crippen LogP contribution in [0.1, 0.15) is 29.8 Å². The number of hydrogen-bond acceptors (Lipinski definition) is 4. The normalized spacial score (nSPS) is 27.5. The molecular weight excluding hydrogens is 308 g/mol. The molecule has 2 aliphatic heterocycles. The molecule has 24 heavy (non-hydrogen) atoms. The lowest BCUT2D eigenvalue weighted by molar-refractivity contribution is -0.147. The van der Waals surface area contributed by atoms with E-state index in [2.05, 4.69) is 15.3 Å². The molecule has 2 amide bonds. The van der Waals surface area contributed by atoms with Gasteiger partial charge in [0.25, 0.3) is 5.91 Å². The molecule has 1 spiro atoms. The van der Waals surface area contributed by atoms with Gasteiger partial charge >= 0.3 is 0 Å². The predicted molar refractivity (Wildman–Crippen MR) is 87.3 cm³/mol. The third kappa shape index (κ3) is 2.27. The molecule has 2 aromatic heterocycles. The van der Waals surface area contributed by atoms with Crippen LogP contribution in [-0.2, 0) is 4.79 Å². The van der Waals surface area contributed by atoms with Gasteiger partial charge in [0.1, 0.15) is 11.3 Å². The number of rotatable bonds is 1. The number of fused-ring (bicyclic) bond motifs is 1. The van der Waals surface area contributed by atoms with E-state index < -0.39 is 11.5 Å². The highest BCUT2D eigenvalue weighted by atomic mass is 16.3. The average Bonchev–Trinajstić information content (AvgIpc) is 3.03. The number of nitrogens with one attached hydrogen (secondary N) is 2. The number of aromatic nitrogens is 2. The first-order chi connectivity index (χ1) is 11.6. The van der Waals surface area contributed by atoms with Gasteiger partial charge in [-0.1, -0.05) is 0 Å².